The number of hydrogen-bond donors (Lipinski definition) is 2. The molecule has 0 bridgehead atoms. The Morgan fingerprint density at radius 3 is 2.75 bits per heavy atom. The van der Waals surface area contributed by atoms with Crippen molar-refractivity contribution < 1.29 is 19.4 Å². The van der Waals surface area contributed by atoms with Crippen molar-refractivity contribution in [2.24, 2.45) is 0 Å². The summed E-state index contributed by atoms with van der Waals surface area (Å²) >= 11 is 0. The molecule has 5 heteroatoms. The standard InChI is InChI=1S/C27H27NO4/c1-2-31-24-16-18(11-13-23(24)32-15-14-29)27-26-20(8-5-9-22(26)30)25-19-7-4-3-6-17(19)10-12-21(25)28-27/h3-4,6-7,10-13,16,27-29H,2,5,8-9,14-15H2,1H3. The van der Waals surface area contributed by atoms with Crippen LogP contribution in [0.5, 0.6) is 11.5 Å². The van der Waals surface area contributed by atoms with E-state index in [0.29, 0.717) is 24.5 Å². The first-order valence-electron chi connectivity index (χ1n) is 11.3. The molecule has 2 aliphatic rings. The lowest BCUT2D eigenvalue weighted by molar-refractivity contribution is -0.116. The van der Waals surface area contributed by atoms with Crippen molar-refractivity contribution in [3.63, 3.8) is 0 Å². The highest BCUT2D eigenvalue weighted by Crippen LogP contribution is 2.48. The number of ketones is 1. The maximum absolute atomic E-state index is 13.2. The molecule has 0 amide bonds. The fourth-order valence-electron chi connectivity index (χ4n) is 4.90. The number of ether oxygens (including phenoxy) is 2. The van der Waals surface area contributed by atoms with Gasteiger partial charge in [0.25, 0.3) is 0 Å². The van der Waals surface area contributed by atoms with E-state index in [1.807, 2.05) is 31.2 Å². The van der Waals surface area contributed by atoms with Crippen molar-refractivity contribution in [2.45, 2.75) is 32.2 Å². The van der Waals surface area contributed by atoms with Gasteiger partial charge in [0.2, 0.25) is 0 Å². The van der Waals surface area contributed by atoms with Gasteiger partial charge in [-0.25, -0.2) is 0 Å². The van der Waals surface area contributed by atoms with Crippen molar-refractivity contribution in [1.29, 1.82) is 0 Å². The number of rotatable bonds is 6. The Labute approximate surface area is 187 Å². The molecule has 1 aliphatic heterocycles. The number of Topliss-reactive ketones (excluding diaryl/α,β-unsaturated/α-hetero) is 1. The van der Waals surface area contributed by atoms with Crippen LogP contribution < -0.4 is 14.8 Å². The lowest BCUT2D eigenvalue weighted by Gasteiger charge is -2.35. The number of hydrogen-bond acceptors (Lipinski definition) is 5. The summed E-state index contributed by atoms with van der Waals surface area (Å²) in [5, 5.41) is 15.1. The molecule has 164 valence electrons. The first-order valence-corrected chi connectivity index (χ1v) is 11.3. The Bertz CT molecular complexity index is 1210. The average Bonchev–Trinajstić information content (AvgIpc) is 2.82. The summed E-state index contributed by atoms with van der Waals surface area (Å²) in [5.41, 5.74) is 5.21. The molecular weight excluding hydrogens is 402 g/mol. The van der Waals surface area contributed by atoms with Gasteiger partial charge < -0.3 is 19.9 Å². The molecule has 1 unspecified atom stereocenters. The molecule has 5 rings (SSSR count). The van der Waals surface area contributed by atoms with Gasteiger partial charge in [0.15, 0.2) is 17.3 Å². The molecule has 0 saturated carbocycles. The minimum Gasteiger partial charge on any atom is -0.490 e. The third-order valence-electron chi connectivity index (χ3n) is 6.23. The second-order valence-corrected chi connectivity index (χ2v) is 8.17. The summed E-state index contributed by atoms with van der Waals surface area (Å²) < 4.78 is 11.5. The summed E-state index contributed by atoms with van der Waals surface area (Å²) in [6, 6.07) is 18.2. The van der Waals surface area contributed by atoms with E-state index in [1.165, 1.54) is 10.8 Å². The molecule has 1 atom stereocenters. The summed E-state index contributed by atoms with van der Waals surface area (Å²) in [7, 11) is 0. The van der Waals surface area contributed by atoms with Gasteiger partial charge in [-0.1, -0.05) is 36.4 Å². The number of benzene rings is 3. The van der Waals surface area contributed by atoms with Crippen LogP contribution in [0.2, 0.25) is 0 Å². The first kappa shape index (κ1) is 20.6. The second-order valence-electron chi connectivity index (χ2n) is 8.17. The number of aliphatic hydroxyl groups is 1. The molecule has 3 aromatic carbocycles. The molecule has 32 heavy (non-hydrogen) atoms. The fraction of sp³-hybridized carbons (Fsp3) is 0.296. The van der Waals surface area contributed by atoms with Crippen LogP contribution in [-0.2, 0) is 4.79 Å². The number of aliphatic hydroxyl groups excluding tert-OH is 1. The summed E-state index contributed by atoms with van der Waals surface area (Å²) in [4.78, 5) is 13.2. The zero-order valence-corrected chi connectivity index (χ0v) is 18.2. The Hall–Kier alpha value is -3.31. The fourth-order valence-corrected chi connectivity index (χ4v) is 4.90. The van der Waals surface area contributed by atoms with Crippen molar-refractivity contribution in [3.8, 4) is 11.5 Å². The molecule has 0 aromatic heterocycles. The second kappa shape index (κ2) is 8.67. The topological polar surface area (TPSA) is 67.8 Å². The van der Waals surface area contributed by atoms with E-state index >= 15 is 0 Å². The van der Waals surface area contributed by atoms with Gasteiger partial charge in [0.05, 0.1) is 19.3 Å². The highest BCUT2D eigenvalue weighted by atomic mass is 16.5. The number of carbonyl (C=O) groups excluding carboxylic acids is 1. The van der Waals surface area contributed by atoms with Crippen LogP contribution in [0, 0.1) is 0 Å². The van der Waals surface area contributed by atoms with Crippen LogP contribution in [0.15, 0.2) is 60.2 Å². The molecule has 1 heterocycles. The maximum atomic E-state index is 13.2. The molecule has 3 aromatic rings. The van der Waals surface area contributed by atoms with E-state index in [9.17, 15) is 4.79 Å². The number of fused-ring (bicyclic) bond motifs is 4. The van der Waals surface area contributed by atoms with E-state index < -0.39 is 0 Å². The molecule has 5 nitrogen and oxygen atoms in total. The monoisotopic (exact) mass is 429 g/mol. The molecule has 2 N–H and O–H groups in total. The van der Waals surface area contributed by atoms with Gasteiger partial charge in [-0.15, -0.1) is 0 Å². The maximum Gasteiger partial charge on any atom is 0.161 e. The van der Waals surface area contributed by atoms with E-state index in [1.54, 1.807) is 0 Å². The van der Waals surface area contributed by atoms with E-state index in [4.69, 9.17) is 14.6 Å². The summed E-state index contributed by atoms with van der Waals surface area (Å²) in [5.74, 6) is 1.42. The molecule has 1 aliphatic carbocycles. The van der Waals surface area contributed by atoms with E-state index in [0.717, 1.165) is 40.8 Å². The van der Waals surface area contributed by atoms with Gasteiger partial charge in [-0.2, -0.15) is 0 Å². The predicted molar refractivity (Wildman–Crippen MR) is 126 cm³/mol. The number of allylic oxidation sites excluding steroid dienone is 1. The lowest BCUT2D eigenvalue weighted by Crippen LogP contribution is -2.27. The minimum atomic E-state index is -0.238. The quantitative estimate of drug-likeness (QED) is 0.558. The average molecular weight is 430 g/mol. The van der Waals surface area contributed by atoms with E-state index in [-0.39, 0.29) is 25.0 Å². The summed E-state index contributed by atoms with van der Waals surface area (Å²) in [6.45, 7) is 2.56. The van der Waals surface area contributed by atoms with Crippen molar-refractivity contribution in [2.75, 3.05) is 25.1 Å². The van der Waals surface area contributed by atoms with Crippen LogP contribution in [0.1, 0.15) is 43.4 Å². The molecule has 0 fully saturated rings. The minimum absolute atomic E-state index is 0.0625. The van der Waals surface area contributed by atoms with Gasteiger partial charge in [-0.3, -0.25) is 4.79 Å². The highest BCUT2D eigenvalue weighted by molar-refractivity contribution is 6.12. The molecular formula is C27H27NO4. The normalized spacial score (nSPS) is 17.6. The number of nitrogens with one attached hydrogen (secondary N) is 1. The smallest absolute Gasteiger partial charge is 0.161 e. The van der Waals surface area contributed by atoms with Crippen molar-refractivity contribution in [3.05, 3.63) is 71.3 Å². The number of anilines is 1. The van der Waals surface area contributed by atoms with Gasteiger partial charge in [0.1, 0.15) is 6.61 Å². The predicted octanol–water partition coefficient (Wildman–Crippen LogP) is 5.28. The van der Waals surface area contributed by atoms with Crippen LogP contribution >= 0.6 is 0 Å². The van der Waals surface area contributed by atoms with Gasteiger partial charge in [-0.05, 0) is 59.9 Å². The van der Waals surface area contributed by atoms with Gasteiger partial charge in [0, 0.05) is 23.2 Å². The van der Waals surface area contributed by atoms with Crippen LogP contribution in [-0.4, -0.2) is 30.7 Å². The van der Waals surface area contributed by atoms with Crippen LogP contribution in [0.3, 0.4) is 0 Å². The van der Waals surface area contributed by atoms with Crippen LogP contribution in [0.4, 0.5) is 5.69 Å². The Morgan fingerprint density at radius 1 is 1.03 bits per heavy atom. The zero-order valence-electron chi connectivity index (χ0n) is 18.2. The van der Waals surface area contributed by atoms with Crippen molar-refractivity contribution in [1.82, 2.24) is 0 Å². The van der Waals surface area contributed by atoms with Crippen LogP contribution in [0.25, 0.3) is 16.3 Å². The Morgan fingerprint density at radius 2 is 1.91 bits per heavy atom. The highest BCUT2D eigenvalue weighted by Gasteiger charge is 2.35. The Kier molecular flexibility index (Phi) is 5.58. The molecule has 0 radical (unpaired) electrons. The third kappa shape index (κ3) is 3.53. The first-order chi connectivity index (χ1) is 15.7. The van der Waals surface area contributed by atoms with Gasteiger partial charge >= 0.3 is 0 Å². The summed E-state index contributed by atoms with van der Waals surface area (Å²) in [6.07, 6.45) is 2.36. The van der Waals surface area contributed by atoms with Crippen molar-refractivity contribution >= 4 is 27.8 Å². The zero-order chi connectivity index (χ0) is 22.1. The largest absolute Gasteiger partial charge is 0.490 e. The Balaban J connectivity index is 1.65. The SMILES string of the molecule is CCOc1cc(C2Nc3ccc4ccccc4c3C3=C2C(=O)CCC3)ccc1OCCO. The van der Waals surface area contributed by atoms with E-state index in [2.05, 4.69) is 35.6 Å². The third-order valence-corrected chi connectivity index (χ3v) is 6.23. The molecule has 0 saturated heterocycles. The lowest BCUT2D eigenvalue weighted by atomic mass is 9.77. The molecule has 0 spiro atoms. The number of carbonyl (C=O) groups is 1.